The first-order valence-corrected chi connectivity index (χ1v) is 7.54. The zero-order valence-electron chi connectivity index (χ0n) is 15.5. The van der Waals surface area contributed by atoms with E-state index in [9.17, 15) is 101 Å². The van der Waals surface area contributed by atoms with E-state index in [0.717, 1.165) is 0 Å². The third-order valence-electron chi connectivity index (χ3n) is 4.25. The lowest BCUT2D eigenvalue weighted by atomic mass is 9.82. The fourth-order valence-electron chi connectivity index (χ4n) is 2.06. The summed E-state index contributed by atoms with van der Waals surface area (Å²) in [5.41, 5.74) is -9.01. The normalized spacial score (nSPS) is 16.9. The molecule has 0 aliphatic heterocycles. The summed E-state index contributed by atoms with van der Waals surface area (Å²) in [6, 6.07) is 0. The van der Waals surface area contributed by atoms with Gasteiger partial charge in [-0.25, -0.2) is 4.39 Å². The van der Waals surface area contributed by atoms with Crippen LogP contribution in [-0.2, 0) is 0 Å². The molecule has 0 heterocycles. The summed E-state index contributed by atoms with van der Waals surface area (Å²) in [7, 11) is 0. The molecule has 0 aromatic rings. The minimum Gasteiger partial charge on any atom is -0.216 e. The average Bonchev–Trinajstić information content (AvgIpc) is 2.63. The van der Waals surface area contributed by atoms with E-state index in [4.69, 9.17) is 0 Å². The van der Waals surface area contributed by atoms with Crippen molar-refractivity contribution in [1.29, 1.82) is 0 Å². The molecule has 0 unspecified atom stereocenters. The Balaban J connectivity index is 7.37. The monoisotopic (exact) mass is 596 g/mol. The van der Waals surface area contributed by atoms with Gasteiger partial charge in [0.1, 0.15) is 0 Å². The number of hydrogen-bond donors (Lipinski definition) is 0. The van der Waals surface area contributed by atoms with Crippen molar-refractivity contribution in [1.82, 2.24) is 0 Å². The van der Waals surface area contributed by atoms with Gasteiger partial charge in [0.15, 0.2) is 0 Å². The van der Waals surface area contributed by atoms with Crippen molar-refractivity contribution >= 4 is 0 Å². The SMILES string of the molecule is C=CC(F)(F)C(F)(F)C(F)(F)C(F)(F)C(F)(F)C(F)(F)C(F)(F)C(F)(F)C(F)(C(F)(F)F)C(F)(F)F. The van der Waals surface area contributed by atoms with E-state index in [2.05, 4.69) is 0 Å². The van der Waals surface area contributed by atoms with Gasteiger partial charge >= 0.3 is 65.4 Å². The third-order valence-corrected chi connectivity index (χ3v) is 4.25. The Hall–Kier alpha value is -1.87. The Morgan fingerprint density at radius 3 is 0.694 bits per heavy atom. The molecule has 23 heteroatoms. The molecule has 216 valence electrons. The zero-order valence-corrected chi connectivity index (χ0v) is 15.5. The predicted octanol–water partition coefficient (Wildman–Crippen LogP) is 8.09. The third kappa shape index (κ3) is 3.75. The van der Waals surface area contributed by atoms with Crippen molar-refractivity contribution < 1.29 is 101 Å². The van der Waals surface area contributed by atoms with Gasteiger partial charge < -0.3 is 0 Å². The maximum atomic E-state index is 13.4. The molecule has 36 heavy (non-hydrogen) atoms. The highest BCUT2D eigenvalue weighted by molar-refractivity contribution is 5.21. The van der Waals surface area contributed by atoms with Crippen LogP contribution in [0.25, 0.3) is 0 Å². The van der Waals surface area contributed by atoms with Gasteiger partial charge in [0, 0.05) is 0 Å². The lowest BCUT2D eigenvalue weighted by Crippen LogP contribution is -2.79. The lowest BCUT2D eigenvalue weighted by molar-refractivity contribution is -0.480. The summed E-state index contributed by atoms with van der Waals surface area (Å²) >= 11 is 0. The number of halogens is 23. The highest BCUT2D eigenvalue weighted by Gasteiger charge is 2.99. The first-order valence-electron chi connectivity index (χ1n) is 7.54. The molecule has 0 aromatic heterocycles. The minimum absolute atomic E-state index is 1.63. The number of allylic oxidation sites excluding steroid dienone is 1. The molecule has 0 aliphatic carbocycles. The maximum Gasteiger partial charge on any atom is 0.438 e. The molecular formula is C13H3F23. The molecule has 0 spiro atoms. The van der Waals surface area contributed by atoms with E-state index >= 15 is 0 Å². The minimum atomic E-state index is -9.45. The van der Waals surface area contributed by atoms with Gasteiger partial charge in [-0.15, -0.1) is 0 Å². The number of alkyl halides is 23. The average molecular weight is 596 g/mol. The molecule has 0 aliphatic rings. The molecule has 0 fully saturated rings. The summed E-state index contributed by atoms with van der Waals surface area (Å²) in [5.74, 6) is -70.3. The van der Waals surface area contributed by atoms with Crippen molar-refractivity contribution in [3.63, 3.8) is 0 Å². The van der Waals surface area contributed by atoms with Crippen LogP contribution in [0, 0.1) is 0 Å². The van der Waals surface area contributed by atoms with Crippen molar-refractivity contribution in [2.45, 2.75) is 65.4 Å². The van der Waals surface area contributed by atoms with Crippen molar-refractivity contribution in [2.75, 3.05) is 0 Å². The van der Waals surface area contributed by atoms with E-state index in [0.29, 0.717) is 0 Å². The molecule has 0 atom stereocenters. The molecular weight excluding hydrogens is 593 g/mol. The maximum absolute atomic E-state index is 13.4. The van der Waals surface area contributed by atoms with E-state index in [-0.39, 0.29) is 0 Å². The standard InChI is InChI=1S/C13H3F23/c1-2-3(14,15)5(17,18)7(21,22)9(25,26)11(29,30)10(27,28)8(23,24)6(19,20)4(16,12(31,32)33)13(34,35)36/h2H,1H2. The van der Waals surface area contributed by atoms with Crippen molar-refractivity contribution in [3.8, 4) is 0 Å². The molecule has 0 bridgehead atoms. The summed E-state index contributed by atoms with van der Waals surface area (Å²) in [4.78, 5) is 0. The molecule has 0 aromatic carbocycles. The number of hydrogen-bond acceptors (Lipinski definition) is 0. The van der Waals surface area contributed by atoms with Crippen LogP contribution in [0.5, 0.6) is 0 Å². The smallest absolute Gasteiger partial charge is 0.216 e. The van der Waals surface area contributed by atoms with Gasteiger partial charge in [0.2, 0.25) is 0 Å². The molecule has 0 saturated heterocycles. The van der Waals surface area contributed by atoms with Gasteiger partial charge in [0.05, 0.1) is 0 Å². The Bertz CT molecular complexity index is 808. The largest absolute Gasteiger partial charge is 0.438 e. The molecule has 0 amide bonds. The molecule has 0 rings (SSSR count). The lowest BCUT2D eigenvalue weighted by Gasteiger charge is -2.45. The molecule has 0 nitrogen and oxygen atoms in total. The van der Waals surface area contributed by atoms with E-state index in [1.54, 1.807) is 6.58 Å². The number of rotatable bonds is 9. The molecule has 0 saturated carbocycles. The summed E-state index contributed by atoms with van der Waals surface area (Å²) in [6.45, 7) is 1.63. The fraction of sp³-hybridized carbons (Fsp3) is 0.846. The van der Waals surface area contributed by atoms with Crippen LogP contribution in [0.3, 0.4) is 0 Å². The summed E-state index contributed by atoms with van der Waals surface area (Å²) < 4.78 is 299. The second-order valence-corrected chi connectivity index (χ2v) is 6.50. The first kappa shape index (κ1) is 34.1. The Morgan fingerprint density at radius 2 is 0.500 bits per heavy atom. The highest BCUT2D eigenvalue weighted by Crippen LogP contribution is 2.67. The van der Waals surface area contributed by atoms with Gasteiger partial charge in [-0.05, 0) is 6.08 Å². The zero-order chi connectivity index (χ0) is 30.2. The van der Waals surface area contributed by atoms with E-state index < -0.39 is 71.5 Å². The fourth-order valence-corrected chi connectivity index (χ4v) is 2.06. The van der Waals surface area contributed by atoms with Crippen molar-refractivity contribution in [3.05, 3.63) is 12.7 Å². The molecule has 0 radical (unpaired) electrons. The van der Waals surface area contributed by atoms with Gasteiger partial charge in [-0.2, -0.15) is 96.6 Å². The van der Waals surface area contributed by atoms with Crippen LogP contribution in [0.2, 0.25) is 0 Å². The van der Waals surface area contributed by atoms with Gasteiger partial charge in [-0.1, -0.05) is 6.58 Å². The predicted molar refractivity (Wildman–Crippen MR) is 65.7 cm³/mol. The second kappa shape index (κ2) is 8.06. The Morgan fingerprint density at radius 1 is 0.306 bits per heavy atom. The van der Waals surface area contributed by atoms with E-state index in [1.807, 2.05) is 0 Å². The van der Waals surface area contributed by atoms with Crippen LogP contribution in [0.4, 0.5) is 101 Å². The van der Waals surface area contributed by atoms with Gasteiger partial charge in [0.25, 0.3) is 0 Å². The van der Waals surface area contributed by atoms with Gasteiger partial charge in [-0.3, -0.25) is 0 Å². The van der Waals surface area contributed by atoms with Crippen molar-refractivity contribution in [2.24, 2.45) is 0 Å². The Kier molecular flexibility index (Phi) is 7.64. The topological polar surface area (TPSA) is 0 Å². The van der Waals surface area contributed by atoms with Crippen LogP contribution in [0.1, 0.15) is 0 Å². The quantitative estimate of drug-likeness (QED) is 0.187. The molecule has 0 N–H and O–H groups in total. The highest BCUT2D eigenvalue weighted by atomic mass is 19.4. The Labute approximate surface area is 180 Å². The summed E-state index contributed by atoms with van der Waals surface area (Å²) in [5, 5.41) is 0. The van der Waals surface area contributed by atoms with Crippen LogP contribution >= 0.6 is 0 Å². The van der Waals surface area contributed by atoms with Crippen LogP contribution in [0.15, 0.2) is 12.7 Å². The van der Waals surface area contributed by atoms with Crippen LogP contribution in [-0.4, -0.2) is 65.4 Å². The van der Waals surface area contributed by atoms with E-state index in [1.165, 1.54) is 0 Å². The second-order valence-electron chi connectivity index (χ2n) is 6.50. The first-order chi connectivity index (χ1) is 15.1. The van der Waals surface area contributed by atoms with Crippen LogP contribution < -0.4 is 0 Å². The summed E-state index contributed by atoms with van der Waals surface area (Å²) in [6.07, 6.45) is -18.7.